The lowest BCUT2D eigenvalue weighted by Crippen LogP contribution is -2.37. The van der Waals surface area contributed by atoms with E-state index in [9.17, 15) is 13.2 Å². The predicted octanol–water partition coefficient (Wildman–Crippen LogP) is 2.95. The van der Waals surface area contributed by atoms with E-state index in [1.54, 1.807) is 24.5 Å². The third kappa shape index (κ3) is 7.81. The first kappa shape index (κ1) is 20.9. The van der Waals surface area contributed by atoms with Crippen LogP contribution in [0.2, 0.25) is 0 Å². The van der Waals surface area contributed by atoms with Gasteiger partial charge in [-0.2, -0.15) is 13.2 Å². The summed E-state index contributed by atoms with van der Waals surface area (Å²) in [6, 6.07) is 3.16. The molecule has 27 heavy (non-hydrogen) atoms. The number of halogens is 3. The molecule has 2 N–H and O–H groups in total. The largest absolute Gasteiger partial charge is 0.468 e. The maximum atomic E-state index is 12.2. The van der Waals surface area contributed by atoms with E-state index in [-0.39, 0.29) is 5.88 Å². The van der Waals surface area contributed by atoms with Gasteiger partial charge in [-0.25, -0.2) is 9.97 Å². The third-order valence-corrected chi connectivity index (χ3v) is 4.65. The van der Waals surface area contributed by atoms with Crippen molar-refractivity contribution in [3.05, 3.63) is 40.0 Å². The zero-order valence-corrected chi connectivity index (χ0v) is 16.0. The Morgan fingerprint density at radius 1 is 1.30 bits per heavy atom. The van der Waals surface area contributed by atoms with E-state index in [4.69, 9.17) is 0 Å². The molecule has 2 aromatic heterocycles. The van der Waals surface area contributed by atoms with Gasteiger partial charge in [0, 0.05) is 49.9 Å². The fourth-order valence-corrected chi connectivity index (χ4v) is 2.98. The molecule has 0 bridgehead atoms. The molecule has 0 amide bonds. The summed E-state index contributed by atoms with van der Waals surface area (Å²) >= 11 is 1.70. The molecular weight excluding hydrogens is 379 g/mol. The number of rotatable bonds is 8. The Kier molecular flexibility index (Phi) is 7.83. The lowest BCUT2D eigenvalue weighted by atomic mass is 10.2. The standard InChI is InChI=1S/C17H22F3N5OS/c1-3-13-10-24-15(27-13)5-7-23-16(21-2)25-9-12-4-6-22-14(8-12)26-11-17(18,19)20/h4,6,8,10H,3,5,7,9,11H2,1-2H3,(H2,21,23,25). The molecule has 10 heteroatoms. The van der Waals surface area contributed by atoms with E-state index in [1.165, 1.54) is 17.1 Å². The Morgan fingerprint density at radius 2 is 2.11 bits per heavy atom. The number of pyridine rings is 1. The number of hydrogen-bond donors (Lipinski definition) is 2. The summed E-state index contributed by atoms with van der Waals surface area (Å²) in [5.41, 5.74) is 0.734. The lowest BCUT2D eigenvalue weighted by Gasteiger charge is -2.12. The van der Waals surface area contributed by atoms with Crippen molar-refractivity contribution in [1.82, 2.24) is 20.6 Å². The molecule has 2 aromatic rings. The Morgan fingerprint density at radius 3 is 2.78 bits per heavy atom. The van der Waals surface area contributed by atoms with Crippen molar-refractivity contribution in [1.29, 1.82) is 0 Å². The van der Waals surface area contributed by atoms with Crippen molar-refractivity contribution in [2.75, 3.05) is 20.2 Å². The molecule has 0 unspecified atom stereocenters. The first-order chi connectivity index (χ1) is 12.9. The van der Waals surface area contributed by atoms with Gasteiger partial charge < -0.3 is 15.4 Å². The van der Waals surface area contributed by atoms with Crippen molar-refractivity contribution in [2.45, 2.75) is 32.5 Å². The van der Waals surface area contributed by atoms with E-state index in [0.717, 1.165) is 23.4 Å². The number of nitrogens with zero attached hydrogens (tertiary/aromatic N) is 3. The highest BCUT2D eigenvalue weighted by atomic mass is 32.1. The van der Waals surface area contributed by atoms with Gasteiger partial charge in [-0.1, -0.05) is 6.92 Å². The monoisotopic (exact) mass is 401 g/mol. The van der Waals surface area contributed by atoms with Gasteiger partial charge >= 0.3 is 6.18 Å². The van der Waals surface area contributed by atoms with Gasteiger partial charge in [0.15, 0.2) is 12.6 Å². The average Bonchev–Trinajstić information content (AvgIpc) is 3.10. The second-order valence-electron chi connectivity index (χ2n) is 5.58. The van der Waals surface area contributed by atoms with Crippen molar-refractivity contribution < 1.29 is 17.9 Å². The number of aryl methyl sites for hydroxylation is 1. The maximum absolute atomic E-state index is 12.2. The number of aliphatic imine (C=N–C) groups is 1. The Balaban J connectivity index is 1.78. The summed E-state index contributed by atoms with van der Waals surface area (Å²) < 4.78 is 41.3. The van der Waals surface area contributed by atoms with Crippen LogP contribution in [0, 0.1) is 0 Å². The van der Waals surface area contributed by atoms with Crippen LogP contribution in [-0.4, -0.2) is 42.3 Å². The Bertz CT molecular complexity index is 748. The quantitative estimate of drug-likeness (QED) is 0.526. The van der Waals surface area contributed by atoms with E-state index in [0.29, 0.717) is 19.0 Å². The predicted molar refractivity (Wildman–Crippen MR) is 99.2 cm³/mol. The second kappa shape index (κ2) is 10.1. The molecule has 0 fully saturated rings. The summed E-state index contributed by atoms with van der Waals surface area (Å²) in [6.07, 6.45) is 0.684. The number of guanidine groups is 1. The average molecular weight is 401 g/mol. The maximum Gasteiger partial charge on any atom is 0.422 e. The molecule has 0 atom stereocenters. The first-order valence-corrected chi connectivity index (χ1v) is 9.24. The van der Waals surface area contributed by atoms with Crippen LogP contribution in [-0.2, 0) is 19.4 Å². The highest BCUT2D eigenvalue weighted by molar-refractivity contribution is 7.11. The number of nitrogens with one attached hydrogen (secondary N) is 2. The second-order valence-corrected chi connectivity index (χ2v) is 6.78. The van der Waals surface area contributed by atoms with Gasteiger partial charge in [0.2, 0.25) is 5.88 Å². The topological polar surface area (TPSA) is 71.4 Å². The molecule has 0 aliphatic heterocycles. The van der Waals surface area contributed by atoms with Crippen LogP contribution in [0.3, 0.4) is 0 Å². The van der Waals surface area contributed by atoms with Gasteiger partial charge in [-0.15, -0.1) is 11.3 Å². The zero-order chi connectivity index (χ0) is 19.7. The lowest BCUT2D eigenvalue weighted by molar-refractivity contribution is -0.154. The van der Waals surface area contributed by atoms with Gasteiger partial charge in [0.1, 0.15) is 0 Å². The van der Waals surface area contributed by atoms with E-state index in [1.807, 2.05) is 6.20 Å². The Labute approximate surface area is 159 Å². The molecule has 0 aliphatic carbocycles. The van der Waals surface area contributed by atoms with Crippen LogP contribution in [0.25, 0.3) is 0 Å². The number of thiazole rings is 1. The fourth-order valence-electron chi connectivity index (χ4n) is 2.12. The first-order valence-electron chi connectivity index (χ1n) is 8.42. The van der Waals surface area contributed by atoms with Gasteiger partial charge in [-0.3, -0.25) is 4.99 Å². The van der Waals surface area contributed by atoms with Crippen LogP contribution in [0.1, 0.15) is 22.4 Å². The van der Waals surface area contributed by atoms with Crippen LogP contribution in [0.5, 0.6) is 5.88 Å². The summed E-state index contributed by atoms with van der Waals surface area (Å²) in [6.45, 7) is 1.78. The minimum Gasteiger partial charge on any atom is -0.468 e. The highest BCUT2D eigenvalue weighted by Crippen LogP contribution is 2.17. The molecule has 0 radical (unpaired) electrons. The van der Waals surface area contributed by atoms with Crippen molar-refractivity contribution in [3.63, 3.8) is 0 Å². The molecule has 0 saturated heterocycles. The van der Waals surface area contributed by atoms with Crippen molar-refractivity contribution in [2.24, 2.45) is 4.99 Å². The van der Waals surface area contributed by atoms with Crippen LogP contribution in [0.4, 0.5) is 13.2 Å². The minimum absolute atomic E-state index is 0.0648. The van der Waals surface area contributed by atoms with Crippen LogP contribution in [0.15, 0.2) is 29.5 Å². The van der Waals surface area contributed by atoms with Gasteiger partial charge in [-0.05, 0) is 18.1 Å². The van der Waals surface area contributed by atoms with Gasteiger partial charge in [0.05, 0.1) is 5.01 Å². The molecule has 2 heterocycles. The molecule has 0 saturated carbocycles. The fraction of sp³-hybridized carbons (Fsp3) is 0.471. The summed E-state index contributed by atoms with van der Waals surface area (Å²) in [7, 11) is 1.65. The number of hydrogen-bond acceptors (Lipinski definition) is 5. The number of ether oxygens (including phenoxy) is 1. The van der Waals surface area contributed by atoms with E-state index >= 15 is 0 Å². The SMILES string of the molecule is CCc1cnc(CCNC(=NC)NCc2ccnc(OCC(F)(F)F)c2)s1. The van der Waals surface area contributed by atoms with E-state index < -0.39 is 12.8 Å². The molecule has 0 spiro atoms. The molecule has 6 nitrogen and oxygen atoms in total. The molecule has 0 aromatic carbocycles. The van der Waals surface area contributed by atoms with Crippen LogP contribution < -0.4 is 15.4 Å². The van der Waals surface area contributed by atoms with Crippen molar-refractivity contribution >= 4 is 17.3 Å². The molecule has 148 valence electrons. The normalized spacial score (nSPS) is 12.1. The van der Waals surface area contributed by atoms with Crippen molar-refractivity contribution in [3.8, 4) is 5.88 Å². The molecular formula is C17H22F3N5OS. The highest BCUT2D eigenvalue weighted by Gasteiger charge is 2.28. The molecule has 0 aliphatic rings. The van der Waals surface area contributed by atoms with Crippen LogP contribution >= 0.6 is 11.3 Å². The zero-order valence-electron chi connectivity index (χ0n) is 15.1. The summed E-state index contributed by atoms with van der Waals surface area (Å²) in [4.78, 5) is 13.5. The van der Waals surface area contributed by atoms with E-state index in [2.05, 4.69) is 37.3 Å². The summed E-state index contributed by atoms with van der Waals surface area (Å²) in [5, 5.41) is 7.35. The summed E-state index contributed by atoms with van der Waals surface area (Å²) in [5.74, 6) is 0.530. The third-order valence-electron chi connectivity index (χ3n) is 3.45. The minimum atomic E-state index is -4.39. The number of aromatic nitrogens is 2. The number of alkyl halides is 3. The smallest absolute Gasteiger partial charge is 0.422 e. The Hall–Kier alpha value is -2.36. The molecule has 2 rings (SSSR count). The van der Waals surface area contributed by atoms with Gasteiger partial charge in [0.25, 0.3) is 0 Å².